The van der Waals surface area contributed by atoms with Gasteiger partial charge in [-0.05, 0) is 43.2 Å². The summed E-state index contributed by atoms with van der Waals surface area (Å²) in [5, 5.41) is 12.1. The second-order valence-electron chi connectivity index (χ2n) is 4.96. The number of hydrogen-bond donors (Lipinski definition) is 1. The molecule has 2 rings (SSSR count). The van der Waals surface area contributed by atoms with E-state index >= 15 is 0 Å². The quantitative estimate of drug-likeness (QED) is 0.910. The normalized spacial score (nSPS) is 12.3. The first kappa shape index (κ1) is 16.6. The number of hydrogen-bond acceptors (Lipinski definition) is 4. The molecule has 0 aliphatic rings. The number of alkyl halides is 3. The number of pyridine rings is 1. The second kappa shape index (κ2) is 6.57. The topological polar surface area (TPSA) is 57.9 Å². The van der Waals surface area contributed by atoms with E-state index in [1.165, 1.54) is 24.3 Å². The molecule has 0 aliphatic heterocycles. The smallest absolute Gasteiger partial charge is 0.406 e. The van der Waals surface area contributed by atoms with Gasteiger partial charge in [0.2, 0.25) is 0 Å². The largest absolute Gasteiger partial charge is 0.573 e. The molecule has 0 spiro atoms. The van der Waals surface area contributed by atoms with E-state index < -0.39 is 6.36 Å². The molecule has 0 radical (unpaired) electrons. The van der Waals surface area contributed by atoms with E-state index in [4.69, 9.17) is 5.26 Å². The molecular weight excluding hydrogens is 307 g/mol. The fraction of sp³-hybridized carbons (Fsp3) is 0.250. The molecule has 1 atom stereocenters. The van der Waals surface area contributed by atoms with Crippen molar-refractivity contribution in [3.63, 3.8) is 0 Å². The average molecular weight is 321 g/mol. The lowest BCUT2D eigenvalue weighted by atomic mass is 10.1. The van der Waals surface area contributed by atoms with Crippen LogP contribution in [0.2, 0.25) is 0 Å². The van der Waals surface area contributed by atoms with Crippen LogP contribution in [0.3, 0.4) is 0 Å². The van der Waals surface area contributed by atoms with E-state index in [1.54, 1.807) is 19.1 Å². The standard InChI is InChI=1S/C16H14F3N3O/c1-10-3-8-15(22-14(10)9-20)21-11(2)12-4-6-13(7-5-12)23-16(17,18)19/h3-8,11H,1-2H3,(H,21,22)/t11-/m0/s1. The number of nitrogens with one attached hydrogen (secondary N) is 1. The van der Waals surface area contributed by atoms with Crippen LogP contribution < -0.4 is 10.1 Å². The fourth-order valence-electron chi connectivity index (χ4n) is 1.99. The van der Waals surface area contributed by atoms with Gasteiger partial charge in [-0.15, -0.1) is 13.2 Å². The Morgan fingerprint density at radius 3 is 2.39 bits per heavy atom. The van der Waals surface area contributed by atoms with Crippen molar-refractivity contribution < 1.29 is 17.9 Å². The van der Waals surface area contributed by atoms with Crippen molar-refractivity contribution in [1.82, 2.24) is 4.98 Å². The Bertz CT molecular complexity index is 721. The van der Waals surface area contributed by atoms with Gasteiger partial charge in [-0.2, -0.15) is 5.26 Å². The van der Waals surface area contributed by atoms with Crippen molar-refractivity contribution in [2.45, 2.75) is 26.3 Å². The number of nitriles is 1. The summed E-state index contributed by atoms with van der Waals surface area (Å²) in [7, 11) is 0. The lowest BCUT2D eigenvalue weighted by Crippen LogP contribution is -2.17. The van der Waals surface area contributed by atoms with Crippen LogP contribution >= 0.6 is 0 Å². The summed E-state index contributed by atoms with van der Waals surface area (Å²) in [6.07, 6.45) is -4.70. The summed E-state index contributed by atoms with van der Waals surface area (Å²) in [4.78, 5) is 4.18. The van der Waals surface area contributed by atoms with Crippen LogP contribution in [0.4, 0.5) is 19.0 Å². The number of anilines is 1. The molecule has 1 heterocycles. The van der Waals surface area contributed by atoms with Crippen molar-refractivity contribution in [2.75, 3.05) is 5.32 Å². The van der Waals surface area contributed by atoms with E-state index in [2.05, 4.69) is 15.0 Å². The van der Waals surface area contributed by atoms with E-state index in [0.29, 0.717) is 11.5 Å². The van der Waals surface area contributed by atoms with Gasteiger partial charge in [-0.3, -0.25) is 0 Å². The van der Waals surface area contributed by atoms with Gasteiger partial charge in [0.15, 0.2) is 0 Å². The van der Waals surface area contributed by atoms with Crippen molar-refractivity contribution in [1.29, 1.82) is 5.26 Å². The lowest BCUT2D eigenvalue weighted by Gasteiger charge is -2.16. The van der Waals surface area contributed by atoms with Crippen LogP contribution in [0, 0.1) is 18.3 Å². The number of aryl methyl sites for hydroxylation is 1. The van der Waals surface area contributed by atoms with Crippen LogP contribution in [0.1, 0.15) is 29.8 Å². The van der Waals surface area contributed by atoms with Crippen LogP contribution in [0.5, 0.6) is 5.75 Å². The van der Waals surface area contributed by atoms with Crippen LogP contribution in [-0.2, 0) is 0 Å². The zero-order valence-electron chi connectivity index (χ0n) is 12.5. The summed E-state index contributed by atoms with van der Waals surface area (Å²) in [6, 6.07) is 10.9. The van der Waals surface area contributed by atoms with Gasteiger partial charge in [-0.1, -0.05) is 18.2 Å². The Morgan fingerprint density at radius 1 is 1.17 bits per heavy atom. The Hall–Kier alpha value is -2.75. The first-order valence-electron chi connectivity index (χ1n) is 6.78. The summed E-state index contributed by atoms with van der Waals surface area (Å²) in [6.45, 7) is 3.63. The van der Waals surface area contributed by atoms with Crippen LogP contribution in [0.15, 0.2) is 36.4 Å². The van der Waals surface area contributed by atoms with E-state index in [0.717, 1.165) is 11.1 Å². The Kier molecular flexibility index (Phi) is 4.74. The molecule has 120 valence electrons. The van der Waals surface area contributed by atoms with Crippen molar-refractivity contribution in [2.24, 2.45) is 0 Å². The van der Waals surface area contributed by atoms with Crippen molar-refractivity contribution >= 4 is 5.82 Å². The predicted octanol–water partition coefficient (Wildman–Crippen LogP) is 4.33. The maximum Gasteiger partial charge on any atom is 0.573 e. The molecule has 7 heteroatoms. The summed E-state index contributed by atoms with van der Waals surface area (Å²) >= 11 is 0. The third kappa shape index (κ3) is 4.61. The zero-order chi connectivity index (χ0) is 17.0. The molecule has 0 bridgehead atoms. The average Bonchev–Trinajstić information content (AvgIpc) is 2.48. The number of benzene rings is 1. The molecule has 0 amide bonds. The second-order valence-corrected chi connectivity index (χ2v) is 4.96. The highest BCUT2D eigenvalue weighted by atomic mass is 19.4. The molecule has 2 aromatic rings. The number of nitrogens with zero attached hydrogens (tertiary/aromatic N) is 2. The molecule has 0 fully saturated rings. The number of aromatic nitrogens is 1. The van der Waals surface area contributed by atoms with Gasteiger partial charge >= 0.3 is 6.36 Å². The molecule has 1 aromatic carbocycles. The Balaban J connectivity index is 2.09. The molecule has 4 nitrogen and oxygen atoms in total. The maximum absolute atomic E-state index is 12.1. The lowest BCUT2D eigenvalue weighted by molar-refractivity contribution is -0.274. The van der Waals surface area contributed by atoms with Gasteiger partial charge in [0, 0.05) is 6.04 Å². The van der Waals surface area contributed by atoms with Crippen molar-refractivity contribution in [3.05, 3.63) is 53.2 Å². The third-order valence-electron chi connectivity index (χ3n) is 3.18. The Morgan fingerprint density at radius 2 is 1.83 bits per heavy atom. The summed E-state index contributed by atoms with van der Waals surface area (Å²) in [5.74, 6) is 0.254. The minimum absolute atomic E-state index is 0.198. The number of ether oxygens (including phenoxy) is 1. The summed E-state index contributed by atoms with van der Waals surface area (Å²) in [5.41, 5.74) is 1.87. The minimum atomic E-state index is -4.70. The molecule has 1 N–H and O–H groups in total. The van der Waals surface area contributed by atoms with Crippen molar-refractivity contribution in [3.8, 4) is 11.8 Å². The molecule has 0 saturated heterocycles. The molecule has 0 unspecified atom stereocenters. The fourth-order valence-corrected chi connectivity index (χ4v) is 1.99. The van der Waals surface area contributed by atoms with Crippen LogP contribution in [-0.4, -0.2) is 11.3 Å². The highest BCUT2D eigenvalue weighted by Crippen LogP contribution is 2.25. The monoisotopic (exact) mass is 321 g/mol. The van der Waals surface area contributed by atoms with Gasteiger partial charge in [0.25, 0.3) is 0 Å². The SMILES string of the molecule is Cc1ccc(N[C@@H](C)c2ccc(OC(F)(F)F)cc2)nc1C#N. The molecule has 0 saturated carbocycles. The number of rotatable bonds is 4. The zero-order valence-corrected chi connectivity index (χ0v) is 12.5. The third-order valence-corrected chi connectivity index (χ3v) is 3.18. The molecule has 1 aromatic heterocycles. The maximum atomic E-state index is 12.1. The molecule has 23 heavy (non-hydrogen) atoms. The first-order chi connectivity index (χ1) is 10.8. The highest BCUT2D eigenvalue weighted by Gasteiger charge is 2.31. The van der Waals surface area contributed by atoms with Gasteiger partial charge < -0.3 is 10.1 Å². The van der Waals surface area contributed by atoms with Gasteiger partial charge in [0.05, 0.1) is 0 Å². The molecule has 0 aliphatic carbocycles. The predicted molar refractivity (Wildman–Crippen MR) is 78.9 cm³/mol. The van der Waals surface area contributed by atoms with Crippen LogP contribution in [0.25, 0.3) is 0 Å². The van der Waals surface area contributed by atoms with E-state index in [-0.39, 0.29) is 11.8 Å². The van der Waals surface area contributed by atoms with E-state index in [9.17, 15) is 13.2 Å². The highest BCUT2D eigenvalue weighted by molar-refractivity contribution is 5.44. The van der Waals surface area contributed by atoms with E-state index in [1.807, 2.05) is 13.0 Å². The summed E-state index contributed by atoms with van der Waals surface area (Å²) < 4.78 is 40.2. The Labute approximate surface area is 131 Å². The van der Waals surface area contributed by atoms with Gasteiger partial charge in [-0.25, -0.2) is 4.98 Å². The van der Waals surface area contributed by atoms with Gasteiger partial charge in [0.1, 0.15) is 23.3 Å². The number of halogens is 3. The molecular formula is C16H14F3N3O. The first-order valence-corrected chi connectivity index (χ1v) is 6.78. The minimum Gasteiger partial charge on any atom is -0.406 e.